The molecule has 11 heteroatoms. The highest BCUT2D eigenvalue weighted by molar-refractivity contribution is 6.00. The number of carbonyl (C=O) groups excluding carboxylic acids is 2. The van der Waals surface area contributed by atoms with Gasteiger partial charge in [0.1, 0.15) is 23.9 Å². The number of esters is 1. The largest absolute Gasteiger partial charge is 0.482 e. The number of aliphatic carboxylic acids is 1. The maximum absolute atomic E-state index is 13.3. The third-order valence-corrected chi connectivity index (χ3v) is 6.56. The molecule has 5 aromatic rings. The van der Waals surface area contributed by atoms with E-state index < -0.39 is 30.5 Å². The number of carboxylic acids is 1. The van der Waals surface area contributed by atoms with Crippen LogP contribution in [0.25, 0.3) is 33.3 Å². The molecule has 0 unspecified atom stereocenters. The summed E-state index contributed by atoms with van der Waals surface area (Å²) in [5, 5.41) is 12.4. The summed E-state index contributed by atoms with van der Waals surface area (Å²) in [6, 6.07) is 11.3. The molecule has 2 aromatic carbocycles. The van der Waals surface area contributed by atoms with E-state index in [1.165, 1.54) is 7.11 Å². The van der Waals surface area contributed by atoms with Gasteiger partial charge in [0.05, 0.1) is 30.0 Å². The van der Waals surface area contributed by atoms with Gasteiger partial charge in [-0.25, -0.2) is 14.6 Å². The number of carbonyl (C=O) groups is 3. The molecular formula is C29H28N4O7. The smallest absolute Gasteiger partial charge is 0.341 e. The van der Waals surface area contributed by atoms with Gasteiger partial charge < -0.3 is 33.9 Å². The van der Waals surface area contributed by atoms with Gasteiger partial charge in [0.25, 0.3) is 5.91 Å². The molecule has 0 aliphatic rings. The Kier molecular flexibility index (Phi) is 7.28. The summed E-state index contributed by atoms with van der Waals surface area (Å²) >= 11 is 0. The number of benzene rings is 2. The second-order valence-electron chi connectivity index (χ2n) is 9.57. The molecule has 3 heterocycles. The van der Waals surface area contributed by atoms with E-state index >= 15 is 0 Å². The Morgan fingerprint density at radius 1 is 1.15 bits per heavy atom. The first kappa shape index (κ1) is 26.5. The van der Waals surface area contributed by atoms with Crippen molar-refractivity contribution in [3.8, 4) is 17.1 Å². The minimum absolute atomic E-state index is 0.115. The number of nitrogens with one attached hydrogen (secondary N) is 2. The lowest BCUT2D eigenvalue weighted by Crippen LogP contribution is -2.43. The van der Waals surface area contributed by atoms with Gasteiger partial charge in [-0.1, -0.05) is 0 Å². The van der Waals surface area contributed by atoms with Crippen molar-refractivity contribution < 1.29 is 33.4 Å². The van der Waals surface area contributed by atoms with Crippen molar-refractivity contribution in [1.82, 2.24) is 19.9 Å². The van der Waals surface area contributed by atoms with Gasteiger partial charge in [-0.15, -0.1) is 0 Å². The fraction of sp³-hybridized carbons (Fsp3) is 0.241. The Hall–Kier alpha value is -5.06. The molecule has 0 spiro atoms. The third kappa shape index (κ3) is 5.26. The van der Waals surface area contributed by atoms with Gasteiger partial charge in [-0.05, 0) is 61.9 Å². The first-order valence-corrected chi connectivity index (χ1v) is 12.6. The predicted octanol–water partition coefficient (Wildman–Crippen LogP) is 4.34. The number of aromatic nitrogens is 3. The summed E-state index contributed by atoms with van der Waals surface area (Å²) in [7, 11) is 1.26. The van der Waals surface area contributed by atoms with Crippen molar-refractivity contribution in [2.75, 3.05) is 13.7 Å². The first-order valence-electron chi connectivity index (χ1n) is 12.6. The molecule has 40 heavy (non-hydrogen) atoms. The number of rotatable bonds is 10. The van der Waals surface area contributed by atoms with Crippen LogP contribution in [0.5, 0.6) is 5.75 Å². The molecule has 3 N–H and O–H groups in total. The summed E-state index contributed by atoms with van der Waals surface area (Å²) in [5.41, 5.74) is 4.17. The third-order valence-electron chi connectivity index (χ3n) is 6.56. The van der Waals surface area contributed by atoms with Crippen LogP contribution in [0.1, 0.15) is 35.8 Å². The minimum Gasteiger partial charge on any atom is -0.482 e. The van der Waals surface area contributed by atoms with Crippen LogP contribution in [0.2, 0.25) is 0 Å². The van der Waals surface area contributed by atoms with Crippen LogP contribution in [-0.4, -0.2) is 57.2 Å². The zero-order valence-electron chi connectivity index (χ0n) is 22.1. The zero-order chi connectivity index (χ0) is 28.4. The predicted molar refractivity (Wildman–Crippen MR) is 146 cm³/mol. The maximum Gasteiger partial charge on any atom is 0.341 e. The van der Waals surface area contributed by atoms with Crippen molar-refractivity contribution in [3.63, 3.8) is 0 Å². The molecule has 1 atom stereocenters. The number of imidazole rings is 1. The van der Waals surface area contributed by atoms with Gasteiger partial charge in [-0.3, -0.25) is 4.79 Å². The number of methoxy groups -OCH3 is 1. The van der Waals surface area contributed by atoms with Crippen LogP contribution >= 0.6 is 0 Å². The molecule has 0 radical (unpaired) electrons. The van der Waals surface area contributed by atoms with E-state index in [2.05, 4.69) is 28.7 Å². The SMILES string of the molecule is COC(=O)[C@H](Cc1c[nH]c2ccc(OCC(=O)O)cc12)NC(=O)c1ccc2c(c1)nc(-c1ccoc1)n2C(C)C. The summed E-state index contributed by atoms with van der Waals surface area (Å²) < 4.78 is 17.6. The number of ether oxygens (including phenoxy) is 2. The number of furan rings is 1. The Morgan fingerprint density at radius 3 is 2.67 bits per heavy atom. The number of fused-ring (bicyclic) bond motifs is 2. The highest BCUT2D eigenvalue weighted by Gasteiger charge is 2.25. The zero-order valence-corrected chi connectivity index (χ0v) is 22.1. The van der Waals surface area contributed by atoms with Crippen LogP contribution in [0.3, 0.4) is 0 Å². The molecule has 0 saturated carbocycles. The van der Waals surface area contributed by atoms with Crippen molar-refractivity contribution in [2.24, 2.45) is 0 Å². The van der Waals surface area contributed by atoms with E-state index in [1.54, 1.807) is 49.1 Å². The Bertz CT molecular complexity index is 1700. The number of carboxylic acid groups (broad SMARTS) is 1. The summed E-state index contributed by atoms with van der Waals surface area (Å²) in [6.07, 6.45) is 5.08. The summed E-state index contributed by atoms with van der Waals surface area (Å²) in [4.78, 5) is 44.8. The lowest BCUT2D eigenvalue weighted by molar-refractivity contribution is -0.143. The lowest BCUT2D eigenvalue weighted by Gasteiger charge is -2.17. The van der Waals surface area contributed by atoms with Crippen molar-refractivity contribution in [3.05, 3.63) is 72.3 Å². The van der Waals surface area contributed by atoms with Crippen molar-refractivity contribution in [2.45, 2.75) is 32.4 Å². The highest BCUT2D eigenvalue weighted by atomic mass is 16.5. The molecule has 0 saturated heterocycles. The summed E-state index contributed by atoms with van der Waals surface area (Å²) in [5.74, 6) is -1.04. The lowest BCUT2D eigenvalue weighted by atomic mass is 10.0. The Morgan fingerprint density at radius 2 is 1.98 bits per heavy atom. The molecule has 0 aliphatic heterocycles. The van der Waals surface area contributed by atoms with E-state index in [0.717, 1.165) is 33.4 Å². The second kappa shape index (κ2) is 11.0. The van der Waals surface area contributed by atoms with E-state index in [4.69, 9.17) is 24.0 Å². The van der Waals surface area contributed by atoms with E-state index in [-0.39, 0.29) is 12.5 Å². The van der Waals surface area contributed by atoms with Crippen LogP contribution in [0.15, 0.2) is 65.6 Å². The number of amides is 1. The number of nitrogens with zero attached hydrogens (tertiary/aromatic N) is 2. The number of H-pyrrole nitrogens is 1. The van der Waals surface area contributed by atoms with Gasteiger partial charge in [0, 0.05) is 35.1 Å². The molecule has 0 aliphatic carbocycles. The monoisotopic (exact) mass is 544 g/mol. The van der Waals surface area contributed by atoms with Gasteiger partial charge >= 0.3 is 11.9 Å². The van der Waals surface area contributed by atoms with E-state index in [9.17, 15) is 14.4 Å². The fourth-order valence-electron chi connectivity index (χ4n) is 4.72. The van der Waals surface area contributed by atoms with Crippen LogP contribution in [-0.2, 0) is 20.7 Å². The molecule has 5 rings (SSSR count). The van der Waals surface area contributed by atoms with Crippen molar-refractivity contribution in [1.29, 1.82) is 0 Å². The normalized spacial score (nSPS) is 12.1. The molecule has 0 fully saturated rings. The Labute approximate surface area is 228 Å². The molecule has 0 bridgehead atoms. The van der Waals surface area contributed by atoms with Gasteiger partial charge in [0.15, 0.2) is 6.61 Å². The van der Waals surface area contributed by atoms with E-state index in [1.807, 2.05) is 12.1 Å². The van der Waals surface area contributed by atoms with Crippen LogP contribution in [0.4, 0.5) is 0 Å². The fourth-order valence-corrected chi connectivity index (χ4v) is 4.72. The molecule has 11 nitrogen and oxygen atoms in total. The highest BCUT2D eigenvalue weighted by Crippen LogP contribution is 2.29. The number of hydrogen-bond donors (Lipinski definition) is 3. The average molecular weight is 545 g/mol. The molecule has 1 amide bonds. The molecule has 3 aromatic heterocycles. The van der Waals surface area contributed by atoms with Crippen LogP contribution < -0.4 is 10.1 Å². The van der Waals surface area contributed by atoms with Crippen LogP contribution in [0, 0.1) is 0 Å². The second-order valence-corrected chi connectivity index (χ2v) is 9.57. The van der Waals surface area contributed by atoms with Crippen molar-refractivity contribution >= 4 is 39.8 Å². The average Bonchev–Trinajstić information content (AvgIpc) is 3.69. The maximum atomic E-state index is 13.3. The van der Waals surface area contributed by atoms with E-state index in [0.29, 0.717) is 16.8 Å². The number of aromatic amines is 1. The first-order chi connectivity index (χ1) is 19.2. The number of hydrogen-bond acceptors (Lipinski definition) is 7. The standard InChI is InChI=1S/C29H28N4O7/c1-16(2)33-25-7-4-17(10-23(25)31-27(33)18-8-9-39-14-18)28(36)32-24(29(37)38-3)11-19-13-30-22-6-5-20(12-21(19)22)40-15-26(34)35/h4-10,12-14,16,24,30H,11,15H2,1-3H3,(H,32,36)(H,34,35)/t24-/m0/s1. The molecular weight excluding hydrogens is 516 g/mol. The summed E-state index contributed by atoms with van der Waals surface area (Å²) in [6.45, 7) is 3.63. The Balaban J connectivity index is 1.41. The quantitative estimate of drug-likeness (QED) is 0.220. The van der Waals surface area contributed by atoms with Gasteiger partial charge in [0.2, 0.25) is 0 Å². The molecule has 206 valence electrons. The minimum atomic E-state index is -1.09. The topological polar surface area (TPSA) is 149 Å². The van der Waals surface area contributed by atoms with Gasteiger partial charge in [-0.2, -0.15) is 0 Å².